The Bertz CT molecular complexity index is 507. The van der Waals surface area contributed by atoms with Gasteiger partial charge in [-0.05, 0) is 33.2 Å². The highest BCUT2D eigenvalue weighted by molar-refractivity contribution is 5.74. The molecule has 1 unspecified atom stereocenters. The highest BCUT2D eigenvalue weighted by Crippen LogP contribution is 2.12. The molecule has 7 nitrogen and oxygen atoms in total. The van der Waals surface area contributed by atoms with Crippen LogP contribution >= 0.6 is 0 Å². The van der Waals surface area contributed by atoms with Gasteiger partial charge in [0.05, 0.1) is 18.8 Å². The zero-order valence-corrected chi connectivity index (χ0v) is 14.4. The lowest BCUT2D eigenvalue weighted by molar-refractivity contribution is 0.182. The van der Waals surface area contributed by atoms with Gasteiger partial charge in [-0.2, -0.15) is 5.10 Å². The Balaban J connectivity index is 1.84. The first-order chi connectivity index (χ1) is 11.1. The fourth-order valence-corrected chi connectivity index (χ4v) is 2.93. The average molecular weight is 323 g/mol. The number of aromatic nitrogens is 2. The van der Waals surface area contributed by atoms with Crippen molar-refractivity contribution in [1.82, 2.24) is 25.7 Å². The van der Waals surface area contributed by atoms with E-state index in [-0.39, 0.29) is 12.1 Å². The Morgan fingerprint density at radius 2 is 2.26 bits per heavy atom. The Hall–Kier alpha value is -1.60. The van der Waals surface area contributed by atoms with Crippen LogP contribution < -0.4 is 16.0 Å². The molecule has 1 aliphatic rings. The smallest absolute Gasteiger partial charge is 0.315 e. The lowest BCUT2D eigenvalue weighted by Gasteiger charge is -2.17. The number of rotatable bonds is 6. The zero-order valence-electron chi connectivity index (χ0n) is 14.4. The molecule has 0 saturated carbocycles. The molecule has 130 valence electrons. The third-order valence-electron chi connectivity index (χ3n) is 4.35. The van der Waals surface area contributed by atoms with Crippen molar-refractivity contribution in [3.63, 3.8) is 0 Å². The summed E-state index contributed by atoms with van der Waals surface area (Å²) in [5.74, 6) is 0. The summed E-state index contributed by atoms with van der Waals surface area (Å²) in [6, 6.07) is 0.103. The molecule has 3 N–H and O–H groups in total. The topological polar surface area (TPSA) is 80.2 Å². The number of hydrogen-bond acceptors (Lipinski definition) is 4. The maximum absolute atomic E-state index is 12.1. The second kappa shape index (κ2) is 8.88. The number of carbonyl (C=O) groups is 1. The minimum absolute atomic E-state index is 0.109. The van der Waals surface area contributed by atoms with Crippen molar-refractivity contribution < 1.29 is 9.53 Å². The van der Waals surface area contributed by atoms with Crippen LogP contribution in [-0.2, 0) is 17.8 Å². The molecule has 1 fully saturated rings. The van der Waals surface area contributed by atoms with Crippen LogP contribution in [0.4, 0.5) is 4.79 Å². The summed E-state index contributed by atoms with van der Waals surface area (Å²) >= 11 is 0. The summed E-state index contributed by atoms with van der Waals surface area (Å²) in [7, 11) is 1.68. The first-order valence-corrected chi connectivity index (χ1v) is 8.38. The number of nitrogens with one attached hydrogen (secondary N) is 3. The number of amides is 2. The highest BCUT2D eigenvalue weighted by Gasteiger charge is 2.16. The third kappa shape index (κ3) is 5.21. The molecule has 2 heterocycles. The number of carbonyl (C=O) groups excluding carboxylic acids is 1. The molecular formula is C16H29N5O2. The average Bonchev–Trinajstić information content (AvgIpc) is 2.71. The third-order valence-corrected chi connectivity index (χ3v) is 4.35. The van der Waals surface area contributed by atoms with Crippen LogP contribution in [-0.4, -0.2) is 48.7 Å². The Kier molecular flexibility index (Phi) is 6.85. The molecule has 1 saturated heterocycles. The van der Waals surface area contributed by atoms with Gasteiger partial charge in [-0.25, -0.2) is 4.79 Å². The molecule has 2 rings (SSSR count). The summed E-state index contributed by atoms with van der Waals surface area (Å²) in [4.78, 5) is 12.1. The number of hydrogen-bond donors (Lipinski definition) is 3. The fraction of sp³-hybridized carbons (Fsp3) is 0.750. The summed E-state index contributed by atoms with van der Waals surface area (Å²) in [5, 5.41) is 13.9. The maximum Gasteiger partial charge on any atom is 0.315 e. The van der Waals surface area contributed by atoms with Gasteiger partial charge in [0.1, 0.15) is 0 Å². The molecule has 0 radical (unpaired) electrons. The van der Waals surface area contributed by atoms with Crippen LogP contribution in [0.1, 0.15) is 36.2 Å². The first-order valence-electron chi connectivity index (χ1n) is 8.38. The van der Waals surface area contributed by atoms with E-state index in [1.54, 1.807) is 7.11 Å². The largest absolute Gasteiger partial charge is 0.383 e. The monoisotopic (exact) mass is 323 g/mol. The molecule has 0 bridgehead atoms. The van der Waals surface area contributed by atoms with E-state index in [2.05, 4.69) is 21.0 Å². The number of urea groups is 1. The number of methoxy groups -OCH3 is 1. The van der Waals surface area contributed by atoms with Gasteiger partial charge in [0.15, 0.2) is 0 Å². The van der Waals surface area contributed by atoms with Crippen molar-refractivity contribution in [2.45, 2.75) is 52.2 Å². The molecule has 1 aromatic heterocycles. The number of nitrogens with zero attached hydrogens (tertiary/aromatic N) is 2. The minimum atomic E-state index is -0.109. The summed E-state index contributed by atoms with van der Waals surface area (Å²) in [6.07, 6.45) is 3.37. The summed E-state index contributed by atoms with van der Waals surface area (Å²) in [5.41, 5.74) is 3.11. The van der Waals surface area contributed by atoms with E-state index >= 15 is 0 Å². The number of aryl methyl sites for hydroxylation is 1. The summed E-state index contributed by atoms with van der Waals surface area (Å²) in [6.45, 7) is 7.74. The quantitative estimate of drug-likeness (QED) is 0.732. The molecule has 0 aromatic carbocycles. The van der Waals surface area contributed by atoms with Crippen molar-refractivity contribution in [2.75, 3.05) is 26.8 Å². The number of ether oxygens (including phenoxy) is 1. The van der Waals surface area contributed by atoms with E-state index in [9.17, 15) is 4.79 Å². The van der Waals surface area contributed by atoms with Gasteiger partial charge in [0.2, 0.25) is 0 Å². The van der Waals surface area contributed by atoms with Crippen molar-refractivity contribution >= 4 is 6.03 Å². The SMILES string of the molecule is COCCn1nc(C)c(CNC(=O)NC2CCCCNC2)c1C. The van der Waals surface area contributed by atoms with Gasteiger partial charge in [0, 0.05) is 37.5 Å². The predicted molar refractivity (Wildman–Crippen MR) is 89.5 cm³/mol. The molecule has 1 atom stereocenters. The standard InChI is InChI=1S/C16H29N5O2/c1-12-15(13(2)21(20-12)8-9-23-3)11-18-16(22)19-14-6-4-5-7-17-10-14/h14,17H,4-11H2,1-3H3,(H2,18,19,22). The molecule has 23 heavy (non-hydrogen) atoms. The molecule has 1 aliphatic heterocycles. The second-order valence-electron chi connectivity index (χ2n) is 6.09. The lowest BCUT2D eigenvalue weighted by Crippen LogP contribution is -2.45. The Morgan fingerprint density at radius 3 is 3.04 bits per heavy atom. The van der Waals surface area contributed by atoms with Crippen molar-refractivity contribution in [2.24, 2.45) is 0 Å². The van der Waals surface area contributed by atoms with E-state index in [0.29, 0.717) is 13.2 Å². The van der Waals surface area contributed by atoms with Crippen LogP contribution in [0, 0.1) is 13.8 Å². The normalized spacial score (nSPS) is 18.5. The minimum Gasteiger partial charge on any atom is -0.383 e. The molecule has 7 heteroatoms. The molecule has 0 aliphatic carbocycles. The van der Waals surface area contributed by atoms with Gasteiger partial charge in [-0.15, -0.1) is 0 Å². The van der Waals surface area contributed by atoms with E-state index in [4.69, 9.17) is 4.74 Å². The fourth-order valence-electron chi connectivity index (χ4n) is 2.93. The van der Waals surface area contributed by atoms with Gasteiger partial charge in [-0.1, -0.05) is 6.42 Å². The Morgan fingerprint density at radius 1 is 1.43 bits per heavy atom. The van der Waals surface area contributed by atoms with Crippen molar-refractivity contribution in [3.05, 3.63) is 17.0 Å². The summed E-state index contributed by atoms with van der Waals surface area (Å²) < 4.78 is 7.03. The van der Waals surface area contributed by atoms with Crippen LogP contribution in [0.3, 0.4) is 0 Å². The van der Waals surface area contributed by atoms with Crippen molar-refractivity contribution in [1.29, 1.82) is 0 Å². The van der Waals surface area contributed by atoms with Gasteiger partial charge in [0.25, 0.3) is 0 Å². The van der Waals surface area contributed by atoms with Gasteiger partial charge >= 0.3 is 6.03 Å². The predicted octanol–water partition coefficient (Wildman–Crippen LogP) is 1.09. The first kappa shape index (κ1) is 17.7. The van der Waals surface area contributed by atoms with Crippen LogP contribution in [0.2, 0.25) is 0 Å². The van der Waals surface area contributed by atoms with Crippen LogP contribution in [0.25, 0.3) is 0 Å². The molecule has 2 amide bonds. The maximum atomic E-state index is 12.1. The second-order valence-corrected chi connectivity index (χ2v) is 6.09. The van der Waals surface area contributed by atoms with E-state index < -0.39 is 0 Å². The van der Waals surface area contributed by atoms with E-state index in [1.807, 2.05) is 18.5 Å². The molecular weight excluding hydrogens is 294 g/mol. The van der Waals surface area contributed by atoms with Crippen LogP contribution in [0.5, 0.6) is 0 Å². The molecule has 1 aromatic rings. The Labute approximate surface area is 138 Å². The van der Waals surface area contributed by atoms with Crippen molar-refractivity contribution in [3.8, 4) is 0 Å². The van der Waals surface area contributed by atoms with Gasteiger partial charge in [-0.3, -0.25) is 4.68 Å². The lowest BCUT2D eigenvalue weighted by atomic mass is 10.1. The highest BCUT2D eigenvalue weighted by atomic mass is 16.5. The van der Waals surface area contributed by atoms with E-state index in [1.165, 1.54) is 6.42 Å². The van der Waals surface area contributed by atoms with Gasteiger partial charge < -0.3 is 20.7 Å². The molecule has 0 spiro atoms. The zero-order chi connectivity index (χ0) is 16.7. The van der Waals surface area contributed by atoms with Crippen LogP contribution in [0.15, 0.2) is 0 Å². The van der Waals surface area contributed by atoms with E-state index in [0.717, 1.165) is 49.4 Å².